The van der Waals surface area contributed by atoms with Crippen LogP contribution in [0.3, 0.4) is 0 Å². The van der Waals surface area contributed by atoms with Gasteiger partial charge in [-0.05, 0) is 60.0 Å². The van der Waals surface area contributed by atoms with E-state index < -0.39 is 0 Å². The second kappa shape index (κ2) is 7.10. The monoisotopic (exact) mass is 347 g/mol. The van der Waals surface area contributed by atoms with Gasteiger partial charge in [-0.3, -0.25) is 0 Å². The van der Waals surface area contributed by atoms with Crippen molar-refractivity contribution in [2.75, 3.05) is 0 Å². The fraction of sp³-hybridized carbons (Fsp3) is 0.333. The molecule has 0 aliphatic heterocycles. The molecule has 0 aliphatic carbocycles. The summed E-state index contributed by atoms with van der Waals surface area (Å²) < 4.78 is 6.90. The number of hydrogen-bond donors (Lipinski definition) is 1. The quantitative estimate of drug-likeness (QED) is 0.828. The van der Waals surface area contributed by atoms with Crippen LogP contribution >= 0.6 is 15.9 Å². The fourth-order valence-electron chi connectivity index (χ4n) is 1.95. The molecule has 2 nitrogen and oxygen atoms in total. The van der Waals surface area contributed by atoms with E-state index in [-0.39, 0.29) is 5.54 Å². The van der Waals surface area contributed by atoms with Crippen molar-refractivity contribution in [2.24, 2.45) is 0 Å². The Kier molecular flexibility index (Phi) is 5.43. The first-order chi connectivity index (χ1) is 9.96. The Hall–Kier alpha value is -1.32. The van der Waals surface area contributed by atoms with Gasteiger partial charge in [0.2, 0.25) is 0 Å². The zero-order valence-corrected chi connectivity index (χ0v) is 14.4. The molecule has 2 aromatic rings. The second-order valence-electron chi connectivity index (χ2n) is 6.09. The molecule has 21 heavy (non-hydrogen) atoms. The molecule has 0 saturated carbocycles. The van der Waals surface area contributed by atoms with E-state index in [2.05, 4.69) is 66.3 Å². The number of ether oxygens (including phenoxy) is 1. The molecule has 0 saturated heterocycles. The molecule has 0 bridgehead atoms. The van der Waals surface area contributed by atoms with Gasteiger partial charge in [0.1, 0.15) is 12.4 Å². The topological polar surface area (TPSA) is 21.3 Å². The molecule has 0 atom stereocenters. The van der Waals surface area contributed by atoms with Gasteiger partial charge in [-0.25, -0.2) is 0 Å². The van der Waals surface area contributed by atoms with Crippen LogP contribution in [0.4, 0.5) is 0 Å². The molecule has 0 spiro atoms. The van der Waals surface area contributed by atoms with Crippen LogP contribution in [-0.4, -0.2) is 5.54 Å². The number of para-hydroxylation sites is 1. The summed E-state index contributed by atoms with van der Waals surface area (Å²) in [6.07, 6.45) is 0. The third kappa shape index (κ3) is 5.18. The summed E-state index contributed by atoms with van der Waals surface area (Å²) in [6.45, 7) is 7.94. The maximum absolute atomic E-state index is 5.92. The van der Waals surface area contributed by atoms with Gasteiger partial charge in [-0.1, -0.05) is 36.4 Å². The Morgan fingerprint density at radius 1 is 0.952 bits per heavy atom. The normalized spacial score (nSPS) is 11.4. The average Bonchev–Trinajstić information content (AvgIpc) is 2.44. The van der Waals surface area contributed by atoms with Crippen LogP contribution in [0.15, 0.2) is 53.0 Å². The Morgan fingerprint density at radius 3 is 2.24 bits per heavy atom. The molecular weight excluding hydrogens is 326 g/mol. The van der Waals surface area contributed by atoms with E-state index in [1.807, 2.05) is 24.3 Å². The highest BCUT2D eigenvalue weighted by Gasteiger charge is 2.10. The standard InChI is InChI=1S/C18H22BrNO/c1-18(2,3)20-12-14-8-4-5-9-15(14)13-21-17-11-7-6-10-16(17)19/h4-11,20H,12-13H2,1-3H3. The third-order valence-electron chi connectivity index (χ3n) is 3.15. The molecule has 0 amide bonds. The lowest BCUT2D eigenvalue weighted by Crippen LogP contribution is -2.35. The van der Waals surface area contributed by atoms with Crippen molar-refractivity contribution in [2.45, 2.75) is 39.5 Å². The van der Waals surface area contributed by atoms with Crippen molar-refractivity contribution in [1.29, 1.82) is 0 Å². The van der Waals surface area contributed by atoms with Crippen LogP contribution in [0.2, 0.25) is 0 Å². The Balaban J connectivity index is 2.05. The molecule has 0 aromatic heterocycles. The SMILES string of the molecule is CC(C)(C)NCc1ccccc1COc1ccccc1Br. The fourth-order valence-corrected chi connectivity index (χ4v) is 2.35. The molecule has 0 unspecified atom stereocenters. The summed E-state index contributed by atoms with van der Waals surface area (Å²) in [5.41, 5.74) is 2.60. The van der Waals surface area contributed by atoms with Gasteiger partial charge < -0.3 is 10.1 Å². The Labute approximate surface area is 135 Å². The van der Waals surface area contributed by atoms with Crippen LogP contribution in [0.1, 0.15) is 31.9 Å². The number of rotatable bonds is 5. The smallest absolute Gasteiger partial charge is 0.133 e. The van der Waals surface area contributed by atoms with Gasteiger partial charge in [0, 0.05) is 12.1 Å². The molecule has 1 N–H and O–H groups in total. The molecule has 112 valence electrons. The van der Waals surface area contributed by atoms with Crippen LogP contribution in [0.5, 0.6) is 5.75 Å². The van der Waals surface area contributed by atoms with Gasteiger partial charge in [0.15, 0.2) is 0 Å². The van der Waals surface area contributed by atoms with Gasteiger partial charge in [-0.15, -0.1) is 0 Å². The van der Waals surface area contributed by atoms with E-state index in [9.17, 15) is 0 Å². The van der Waals surface area contributed by atoms with Crippen molar-refractivity contribution in [3.8, 4) is 5.75 Å². The van der Waals surface area contributed by atoms with E-state index in [0.717, 1.165) is 16.8 Å². The van der Waals surface area contributed by atoms with Crippen LogP contribution < -0.4 is 10.1 Å². The van der Waals surface area contributed by atoms with Gasteiger partial charge in [-0.2, -0.15) is 0 Å². The second-order valence-corrected chi connectivity index (χ2v) is 6.95. The van der Waals surface area contributed by atoms with E-state index in [0.29, 0.717) is 6.61 Å². The van der Waals surface area contributed by atoms with E-state index >= 15 is 0 Å². The maximum atomic E-state index is 5.92. The van der Waals surface area contributed by atoms with Crippen molar-refractivity contribution >= 4 is 15.9 Å². The highest BCUT2D eigenvalue weighted by atomic mass is 79.9. The van der Waals surface area contributed by atoms with Crippen LogP contribution in [-0.2, 0) is 13.2 Å². The maximum Gasteiger partial charge on any atom is 0.133 e. The van der Waals surface area contributed by atoms with E-state index in [1.54, 1.807) is 0 Å². The van der Waals surface area contributed by atoms with Crippen LogP contribution in [0, 0.1) is 0 Å². The molecule has 2 aromatic carbocycles. The summed E-state index contributed by atoms with van der Waals surface area (Å²) in [7, 11) is 0. The van der Waals surface area contributed by atoms with Gasteiger partial charge in [0.05, 0.1) is 4.47 Å². The molecule has 0 radical (unpaired) electrons. The first-order valence-corrected chi connectivity index (χ1v) is 7.94. The minimum atomic E-state index is 0.108. The first kappa shape index (κ1) is 16.1. The predicted molar refractivity (Wildman–Crippen MR) is 91.5 cm³/mol. The first-order valence-electron chi connectivity index (χ1n) is 7.15. The lowest BCUT2D eigenvalue weighted by Gasteiger charge is -2.21. The Bertz CT molecular complexity index is 590. The van der Waals surface area contributed by atoms with Crippen molar-refractivity contribution in [3.63, 3.8) is 0 Å². The zero-order chi connectivity index (χ0) is 15.3. The third-order valence-corrected chi connectivity index (χ3v) is 3.80. The largest absolute Gasteiger partial charge is 0.488 e. The summed E-state index contributed by atoms with van der Waals surface area (Å²) in [5, 5.41) is 3.52. The summed E-state index contributed by atoms with van der Waals surface area (Å²) in [4.78, 5) is 0. The number of benzene rings is 2. The number of nitrogens with one attached hydrogen (secondary N) is 1. The molecule has 2 rings (SSSR count). The molecule has 0 fully saturated rings. The Morgan fingerprint density at radius 2 is 1.57 bits per heavy atom. The highest BCUT2D eigenvalue weighted by molar-refractivity contribution is 9.10. The summed E-state index contributed by atoms with van der Waals surface area (Å²) in [5.74, 6) is 0.871. The number of halogens is 1. The summed E-state index contributed by atoms with van der Waals surface area (Å²) in [6, 6.07) is 16.3. The molecule has 0 heterocycles. The molecular formula is C18H22BrNO. The highest BCUT2D eigenvalue weighted by Crippen LogP contribution is 2.25. The average molecular weight is 348 g/mol. The van der Waals surface area contributed by atoms with Crippen molar-refractivity contribution in [3.05, 3.63) is 64.1 Å². The lowest BCUT2D eigenvalue weighted by atomic mass is 10.1. The molecule has 3 heteroatoms. The minimum absolute atomic E-state index is 0.108. The number of hydrogen-bond acceptors (Lipinski definition) is 2. The lowest BCUT2D eigenvalue weighted by molar-refractivity contribution is 0.302. The minimum Gasteiger partial charge on any atom is -0.488 e. The van der Waals surface area contributed by atoms with E-state index in [4.69, 9.17) is 4.74 Å². The zero-order valence-electron chi connectivity index (χ0n) is 12.8. The summed E-state index contributed by atoms with van der Waals surface area (Å²) >= 11 is 3.51. The van der Waals surface area contributed by atoms with Gasteiger partial charge >= 0.3 is 0 Å². The van der Waals surface area contributed by atoms with Gasteiger partial charge in [0.25, 0.3) is 0 Å². The van der Waals surface area contributed by atoms with Crippen LogP contribution in [0.25, 0.3) is 0 Å². The van der Waals surface area contributed by atoms with Crippen molar-refractivity contribution in [1.82, 2.24) is 5.32 Å². The van der Waals surface area contributed by atoms with Crippen molar-refractivity contribution < 1.29 is 4.74 Å². The molecule has 0 aliphatic rings. The van der Waals surface area contributed by atoms with E-state index in [1.165, 1.54) is 11.1 Å². The predicted octanol–water partition coefficient (Wildman–Crippen LogP) is 4.92.